The molecule has 5 heteroatoms. The second kappa shape index (κ2) is 4.55. The molecule has 4 nitrogen and oxygen atoms in total. The number of hydrogen-bond donors (Lipinski definition) is 3. The Bertz CT molecular complexity index is 607. The van der Waals surface area contributed by atoms with Crippen molar-refractivity contribution in [3.05, 3.63) is 39.9 Å². The molecule has 0 aliphatic rings. The molecule has 0 amide bonds. The number of rotatable bonds is 3. The number of nitrogen functional groups attached to an aromatic ring is 1. The van der Waals surface area contributed by atoms with E-state index in [1.165, 1.54) is 0 Å². The van der Waals surface area contributed by atoms with E-state index in [9.17, 15) is 9.18 Å². The van der Waals surface area contributed by atoms with Crippen molar-refractivity contribution in [2.45, 2.75) is 12.8 Å². The predicted molar refractivity (Wildman–Crippen MR) is 64.3 cm³/mol. The number of anilines is 1. The Balaban J connectivity index is 2.70. The number of aliphatic hydroxyl groups is 1. The van der Waals surface area contributed by atoms with Gasteiger partial charge in [0, 0.05) is 28.8 Å². The molecule has 90 valence electrons. The number of fused-ring (bicyclic) bond motifs is 1. The van der Waals surface area contributed by atoms with E-state index in [4.69, 9.17) is 10.8 Å². The number of benzene rings is 1. The number of pyridine rings is 1. The van der Waals surface area contributed by atoms with Crippen LogP contribution in [0.3, 0.4) is 0 Å². The van der Waals surface area contributed by atoms with Crippen LogP contribution in [0.4, 0.5) is 10.1 Å². The second-order valence-electron chi connectivity index (χ2n) is 3.88. The summed E-state index contributed by atoms with van der Waals surface area (Å²) < 4.78 is 13.7. The van der Waals surface area contributed by atoms with Gasteiger partial charge in [0.15, 0.2) is 5.82 Å². The summed E-state index contributed by atoms with van der Waals surface area (Å²) in [6.45, 7) is -0.0456. The molecule has 1 heterocycles. The minimum Gasteiger partial charge on any atom is -0.399 e. The minimum atomic E-state index is -0.795. The smallest absolute Gasteiger partial charge is 0.284 e. The van der Waals surface area contributed by atoms with Gasteiger partial charge in [-0.3, -0.25) is 4.79 Å². The lowest BCUT2D eigenvalue weighted by Gasteiger charge is -2.07. The summed E-state index contributed by atoms with van der Waals surface area (Å²) in [5.41, 5.74) is 6.28. The lowest BCUT2D eigenvalue weighted by molar-refractivity contribution is 0.288. The van der Waals surface area contributed by atoms with E-state index >= 15 is 0 Å². The number of nitrogens with one attached hydrogen (secondary N) is 1. The molecule has 4 N–H and O–H groups in total. The van der Waals surface area contributed by atoms with E-state index in [-0.39, 0.29) is 6.61 Å². The van der Waals surface area contributed by atoms with Crippen molar-refractivity contribution in [2.75, 3.05) is 12.3 Å². The lowest BCUT2D eigenvalue weighted by atomic mass is 10.0. The topological polar surface area (TPSA) is 79.1 Å². The van der Waals surface area contributed by atoms with Crippen LogP contribution in [0.5, 0.6) is 0 Å². The van der Waals surface area contributed by atoms with Crippen LogP contribution in [-0.2, 0) is 6.42 Å². The van der Waals surface area contributed by atoms with Crippen molar-refractivity contribution < 1.29 is 9.50 Å². The Hall–Kier alpha value is -1.88. The molecule has 0 fully saturated rings. The van der Waals surface area contributed by atoms with Crippen molar-refractivity contribution >= 4 is 16.6 Å². The van der Waals surface area contributed by atoms with Gasteiger partial charge in [0.1, 0.15) is 0 Å². The highest BCUT2D eigenvalue weighted by Gasteiger charge is 2.12. The molecule has 0 atom stereocenters. The monoisotopic (exact) mass is 236 g/mol. The Morgan fingerprint density at radius 2 is 2.18 bits per heavy atom. The SMILES string of the molecule is Nc1ccc2[nH]c(=O)c(F)c(CCCO)c2c1. The maximum Gasteiger partial charge on any atom is 0.284 e. The Kier molecular flexibility index (Phi) is 3.10. The van der Waals surface area contributed by atoms with E-state index in [1.54, 1.807) is 18.2 Å². The van der Waals surface area contributed by atoms with Gasteiger partial charge in [-0.05, 0) is 31.0 Å². The highest BCUT2D eigenvalue weighted by molar-refractivity contribution is 5.85. The van der Waals surface area contributed by atoms with Gasteiger partial charge in [-0.15, -0.1) is 0 Å². The molecule has 2 aromatic rings. The van der Waals surface area contributed by atoms with E-state index in [1.807, 2.05) is 0 Å². The zero-order valence-corrected chi connectivity index (χ0v) is 9.16. The third kappa shape index (κ3) is 2.14. The molecular weight excluding hydrogens is 223 g/mol. The number of halogens is 1. The average molecular weight is 236 g/mol. The van der Waals surface area contributed by atoms with E-state index in [0.717, 1.165) is 0 Å². The summed E-state index contributed by atoms with van der Waals surface area (Å²) in [6.07, 6.45) is 0.719. The van der Waals surface area contributed by atoms with Gasteiger partial charge >= 0.3 is 0 Å². The number of aliphatic hydroxyl groups excluding tert-OH is 1. The van der Waals surface area contributed by atoms with Crippen LogP contribution in [-0.4, -0.2) is 16.7 Å². The molecule has 0 saturated carbocycles. The summed E-state index contributed by atoms with van der Waals surface area (Å²) in [6, 6.07) is 4.92. The van der Waals surface area contributed by atoms with Gasteiger partial charge in [-0.2, -0.15) is 0 Å². The van der Waals surface area contributed by atoms with Crippen LogP contribution < -0.4 is 11.3 Å². The van der Waals surface area contributed by atoms with E-state index in [2.05, 4.69) is 4.98 Å². The molecular formula is C12H13FN2O2. The van der Waals surface area contributed by atoms with Crippen molar-refractivity contribution in [1.82, 2.24) is 4.98 Å². The van der Waals surface area contributed by atoms with Gasteiger partial charge in [0.05, 0.1) is 0 Å². The Morgan fingerprint density at radius 1 is 1.41 bits per heavy atom. The summed E-state index contributed by atoms with van der Waals surface area (Å²) in [7, 11) is 0. The fourth-order valence-electron chi connectivity index (χ4n) is 1.85. The summed E-state index contributed by atoms with van der Waals surface area (Å²) in [5.74, 6) is -0.795. The van der Waals surface area contributed by atoms with Crippen molar-refractivity contribution in [3.63, 3.8) is 0 Å². The zero-order chi connectivity index (χ0) is 12.4. The average Bonchev–Trinajstić information content (AvgIpc) is 2.31. The standard InChI is InChI=1S/C12H13FN2O2/c13-11-8(2-1-5-16)9-6-7(14)3-4-10(9)15-12(11)17/h3-4,6,16H,1-2,5,14H2,(H,15,17). The summed E-state index contributed by atoms with van der Waals surface area (Å²) in [4.78, 5) is 13.8. The number of nitrogens with two attached hydrogens (primary N) is 1. The first kappa shape index (κ1) is 11.6. The summed E-state index contributed by atoms with van der Waals surface area (Å²) >= 11 is 0. The van der Waals surface area contributed by atoms with Gasteiger partial charge in [0.2, 0.25) is 0 Å². The van der Waals surface area contributed by atoms with Gasteiger partial charge in [-0.1, -0.05) is 0 Å². The molecule has 0 radical (unpaired) electrons. The third-order valence-corrected chi connectivity index (χ3v) is 2.67. The molecule has 2 rings (SSSR count). The maximum absolute atomic E-state index is 13.7. The van der Waals surface area contributed by atoms with Crippen LogP contribution in [0, 0.1) is 5.82 Å². The van der Waals surface area contributed by atoms with Crippen LogP contribution in [0.15, 0.2) is 23.0 Å². The fraction of sp³-hybridized carbons (Fsp3) is 0.250. The molecule has 0 bridgehead atoms. The number of aromatic amines is 1. The lowest BCUT2D eigenvalue weighted by Crippen LogP contribution is -2.14. The van der Waals surface area contributed by atoms with Crippen LogP contribution in [0.2, 0.25) is 0 Å². The normalized spacial score (nSPS) is 10.9. The first-order valence-electron chi connectivity index (χ1n) is 5.34. The molecule has 0 saturated heterocycles. The van der Waals surface area contributed by atoms with Crippen molar-refractivity contribution in [1.29, 1.82) is 0 Å². The van der Waals surface area contributed by atoms with E-state index < -0.39 is 11.4 Å². The highest BCUT2D eigenvalue weighted by Crippen LogP contribution is 2.21. The van der Waals surface area contributed by atoms with Gasteiger partial charge in [0.25, 0.3) is 5.56 Å². The second-order valence-corrected chi connectivity index (χ2v) is 3.88. The number of hydrogen-bond acceptors (Lipinski definition) is 3. The van der Waals surface area contributed by atoms with Gasteiger partial charge < -0.3 is 15.8 Å². The van der Waals surface area contributed by atoms with Crippen LogP contribution in [0.25, 0.3) is 10.9 Å². The number of aromatic nitrogens is 1. The van der Waals surface area contributed by atoms with Crippen LogP contribution >= 0.6 is 0 Å². The Morgan fingerprint density at radius 3 is 2.88 bits per heavy atom. The zero-order valence-electron chi connectivity index (χ0n) is 9.16. The number of H-pyrrole nitrogens is 1. The molecule has 0 aliphatic heterocycles. The predicted octanol–water partition coefficient (Wildman–Crippen LogP) is 1.17. The summed E-state index contributed by atoms with van der Waals surface area (Å²) in [5, 5.41) is 9.37. The molecule has 1 aromatic heterocycles. The maximum atomic E-state index is 13.7. The highest BCUT2D eigenvalue weighted by atomic mass is 19.1. The van der Waals surface area contributed by atoms with E-state index in [0.29, 0.717) is 35.0 Å². The Labute approximate surface area is 96.9 Å². The number of aryl methyl sites for hydroxylation is 1. The molecule has 1 aromatic carbocycles. The molecule has 17 heavy (non-hydrogen) atoms. The quantitative estimate of drug-likeness (QED) is 0.700. The van der Waals surface area contributed by atoms with Crippen molar-refractivity contribution in [2.24, 2.45) is 0 Å². The first-order chi connectivity index (χ1) is 8.13. The third-order valence-electron chi connectivity index (χ3n) is 2.67. The van der Waals surface area contributed by atoms with Gasteiger partial charge in [-0.25, -0.2) is 4.39 Å². The first-order valence-corrected chi connectivity index (χ1v) is 5.34. The molecule has 0 spiro atoms. The minimum absolute atomic E-state index is 0.0456. The van der Waals surface area contributed by atoms with Crippen LogP contribution in [0.1, 0.15) is 12.0 Å². The molecule has 0 aliphatic carbocycles. The fourth-order valence-corrected chi connectivity index (χ4v) is 1.85. The largest absolute Gasteiger partial charge is 0.399 e. The van der Waals surface area contributed by atoms with Crippen molar-refractivity contribution in [3.8, 4) is 0 Å². The molecule has 0 unspecified atom stereocenters.